The molecule has 2 unspecified atom stereocenters. The van der Waals surface area contributed by atoms with Crippen molar-refractivity contribution in [2.45, 2.75) is 51.1 Å². The Bertz CT molecular complexity index is 1300. The van der Waals surface area contributed by atoms with Crippen LogP contribution in [-0.2, 0) is 4.74 Å². The largest absolute Gasteiger partial charge is 0.475 e. The van der Waals surface area contributed by atoms with Gasteiger partial charge in [-0.2, -0.15) is 0 Å². The summed E-state index contributed by atoms with van der Waals surface area (Å²) in [6.45, 7) is 5.06. The molecule has 3 heterocycles. The van der Waals surface area contributed by atoms with Gasteiger partial charge in [0.1, 0.15) is 36.0 Å². The number of ether oxygens (including phenoxy) is 1. The molecular weight excluding hydrogens is 442 g/mol. The molecule has 1 aromatic carbocycles. The summed E-state index contributed by atoms with van der Waals surface area (Å²) in [6.07, 6.45) is 4.13. The molecule has 1 fully saturated rings. The summed E-state index contributed by atoms with van der Waals surface area (Å²) in [4.78, 5) is 31.3. The minimum Gasteiger partial charge on any atom is -0.475 e. The topological polar surface area (TPSA) is 120 Å². The maximum atomic E-state index is 13.4. The van der Waals surface area contributed by atoms with Gasteiger partial charge < -0.3 is 15.8 Å². The molecule has 0 radical (unpaired) electrons. The van der Waals surface area contributed by atoms with Gasteiger partial charge in [-0.25, -0.2) is 19.9 Å². The molecule has 0 bridgehead atoms. The lowest BCUT2D eigenvalue weighted by Gasteiger charge is -2.22. The number of anilines is 2. The number of hydrogen-bond donors (Lipinski definition) is 2. The molecule has 2 aliphatic rings. The first-order valence-electron chi connectivity index (χ1n) is 11.2. The third-order valence-electron chi connectivity index (χ3n) is 6.08. The number of fused-ring (bicyclic) bond motifs is 1. The van der Waals surface area contributed by atoms with Gasteiger partial charge >= 0.3 is 0 Å². The van der Waals surface area contributed by atoms with Gasteiger partial charge in [-0.1, -0.05) is 24.6 Å². The van der Waals surface area contributed by atoms with E-state index in [4.69, 9.17) is 27.1 Å². The van der Waals surface area contributed by atoms with E-state index in [1.54, 1.807) is 6.07 Å². The van der Waals surface area contributed by atoms with Crippen LogP contribution in [0.3, 0.4) is 0 Å². The molecule has 5 rings (SSSR count). The van der Waals surface area contributed by atoms with Crippen molar-refractivity contribution in [2.75, 3.05) is 24.2 Å². The fourth-order valence-electron chi connectivity index (χ4n) is 4.19. The highest BCUT2D eigenvalue weighted by Crippen LogP contribution is 2.37. The Labute approximate surface area is 196 Å². The van der Waals surface area contributed by atoms with Gasteiger partial charge in [0.25, 0.3) is 5.56 Å². The van der Waals surface area contributed by atoms with E-state index in [1.807, 2.05) is 23.6 Å². The number of hydrogen-bond acceptors (Lipinski definition) is 8. The predicted octanol–water partition coefficient (Wildman–Crippen LogP) is 3.53. The van der Waals surface area contributed by atoms with Gasteiger partial charge in [-0.05, 0) is 38.3 Å². The normalized spacial score (nSPS) is 18.8. The molecule has 1 saturated carbocycles. The van der Waals surface area contributed by atoms with Gasteiger partial charge in [0, 0.05) is 18.5 Å². The summed E-state index contributed by atoms with van der Waals surface area (Å²) in [7, 11) is 0. The summed E-state index contributed by atoms with van der Waals surface area (Å²) >= 11 is 6.36. The molecule has 3 aromatic rings. The molecule has 9 nitrogen and oxygen atoms in total. The lowest BCUT2D eigenvalue weighted by molar-refractivity contribution is 0.324. The van der Waals surface area contributed by atoms with Crippen molar-refractivity contribution < 1.29 is 4.74 Å². The highest BCUT2D eigenvalue weighted by atomic mass is 35.5. The van der Waals surface area contributed by atoms with Crippen molar-refractivity contribution in [1.29, 1.82) is 0 Å². The van der Waals surface area contributed by atoms with Crippen molar-refractivity contribution in [2.24, 2.45) is 4.99 Å². The minimum absolute atomic E-state index is 0.0314. The van der Waals surface area contributed by atoms with Crippen LogP contribution in [0.2, 0.25) is 5.02 Å². The number of aliphatic imine (C=N–C) groups is 1. The minimum atomic E-state index is -0.0729. The lowest BCUT2D eigenvalue weighted by Crippen LogP contribution is -2.29. The fraction of sp³-hybridized carbons (Fsp3) is 0.435. The average Bonchev–Trinajstić information content (AvgIpc) is 3.54. The van der Waals surface area contributed by atoms with Crippen LogP contribution in [0.4, 0.5) is 11.6 Å². The van der Waals surface area contributed by atoms with Crippen LogP contribution >= 0.6 is 11.6 Å². The number of aromatic nitrogens is 4. The molecule has 10 heteroatoms. The highest BCUT2D eigenvalue weighted by molar-refractivity contribution is 6.35. The Morgan fingerprint density at radius 2 is 2.15 bits per heavy atom. The van der Waals surface area contributed by atoms with Crippen molar-refractivity contribution in [3.8, 4) is 0 Å². The third-order valence-corrected chi connectivity index (χ3v) is 6.40. The number of rotatable bonds is 7. The number of nitrogens with zero attached hydrogens (tertiary/aromatic N) is 5. The van der Waals surface area contributed by atoms with E-state index < -0.39 is 0 Å². The summed E-state index contributed by atoms with van der Waals surface area (Å²) in [5.41, 5.74) is 7.25. The average molecular weight is 468 g/mol. The summed E-state index contributed by atoms with van der Waals surface area (Å²) in [5.74, 6) is 2.04. The predicted molar refractivity (Wildman–Crippen MR) is 129 cm³/mol. The molecule has 2 atom stereocenters. The van der Waals surface area contributed by atoms with Crippen LogP contribution in [-0.4, -0.2) is 44.6 Å². The van der Waals surface area contributed by atoms with E-state index in [0.29, 0.717) is 52.2 Å². The number of nitrogen functional groups attached to an aromatic ring is 1. The number of nitrogens with one attached hydrogen (secondary N) is 1. The van der Waals surface area contributed by atoms with E-state index in [9.17, 15) is 4.79 Å². The highest BCUT2D eigenvalue weighted by Gasteiger charge is 2.31. The SMILES string of the molecule is CCC(CNc1ncnc(N)c1C1=NC(C)CO1)c1nc2cccc(Cl)c2c(=O)n1C1CC1. The van der Waals surface area contributed by atoms with E-state index in [-0.39, 0.29) is 23.6 Å². The van der Waals surface area contributed by atoms with Gasteiger partial charge in [0.15, 0.2) is 0 Å². The quantitative estimate of drug-likeness (QED) is 0.545. The second kappa shape index (κ2) is 8.62. The molecule has 2 aromatic heterocycles. The van der Waals surface area contributed by atoms with E-state index in [1.165, 1.54) is 6.33 Å². The zero-order valence-corrected chi connectivity index (χ0v) is 19.3. The Kier molecular flexibility index (Phi) is 5.65. The summed E-state index contributed by atoms with van der Waals surface area (Å²) in [6, 6.07) is 5.61. The molecule has 3 N–H and O–H groups in total. The number of nitrogens with two attached hydrogens (primary N) is 1. The number of halogens is 1. The smallest absolute Gasteiger partial charge is 0.263 e. The van der Waals surface area contributed by atoms with Crippen molar-refractivity contribution in [3.63, 3.8) is 0 Å². The van der Waals surface area contributed by atoms with Crippen molar-refractivity contribution >= 4 is 40.0 Å². The number of benzene rings is 1. The van der Waals surface area contributed by atoms with E-state index in [2.05, 4.69) is 27.2 Å². The zero-order valence-electron chi connectivity index (χ0n) is 18.6. The second-order valence-electron chi connectivity index (χ2n) is 8.57. The summed E-state index contributed by atoms with van der Waals surface area (Å²) in [5, 5.41) is 4.30. The van der Waals surface area contributed by atoms with Gasteiger partial charge in [0.2, 0.25) is 5.90 Å². The maximum absolute atomic E-state index is 13.4. The van der Waals surface area contributed by atoms with Crippen LogP contribution in [0.25, 0.3) is 10.9 Å². The Balaban J connectivity index is 1.51. The first-order chi connectivity index (χ1) is 16.0. The summed E-state index contributed by atoms with van der Waals surface area (Å²) < 4.78 is 7.54. The monoisotopic (exact) mass is 467 g/mol. The third kappa shape index (κ3) is 4.01. The van der Waals surface area contributed by atoms with Crippen LogP contribution in [0.5, 0.6) is 0 Å². The maximum Gasteiger partial charge on any atom is 0.263 e. The molecule has 0 saturated heterocycles. The molecular formula is C23H26ClN7O2. The van der Waals surface area contributed by atoms with Gasteiger partial charge in [-0.3, -0.25) is 9.36 Å². The first kappa shape index (κ1) is 21.6. The molecule has 1 aliphatic carbocycles. The van der Waals surface area contributed by atoms with E-state index >= 15 is 0 Å². The molecule has 1 aliphatic heterocycles. The Morgan fingerprint density at radius 1 is 1.33 bits per heavy atom. The van der Waals surface area contributed by atoms with Gasteiger partial charge in [-0.15, -0.1) is 0 Å². The van der Waals surface area contributed by atoms with Crippen LogP contribution in [0.15, 0.2) is 34.3 Å². The molecule has 0 spiro atoms. The molecule has 33 heavy (non-hydrogen) atoms. The molecule has 172 valence electrons. The fourth-order valence-corrected chi connectivity index (χ4v) is 4.44. The second-order valence-corrected chi connectivity index (χ2v) is 8.98. The lowest BCUT2D eigenvalue weighted by atomic mass is 10.0. The van der Waals surface area contributed by atoms with Crippen LogP contribution < -0.4 is 16.6 Å². The Morgan fingerprint density at radius 3 is 2.85 bits per heavy atom. The van der Waals surface area contributed by atoms with Gasteiger partial charge in [0.05, 0.1) is 22.0 Å². The standard InChI is InChI=1S/C23H26ClN7O2/c1-3-13(9-26-20-18(19(25)27-11-28-20)22-29-12(2)10-33-22)21-30-16-6-4-5-15(24)17(16)23(32)31(21)14-7-8-14/h4-6,11-14H,3,7-10H2,1-2H3,(H3,25,26,27,28). The van der Waals surface area contributed by atoms with Crippen LogP contribution in [0.1, 0.15) is 56.5 Å². The Hall–Kier alpha value is -3.20. The van der Waals surface area contributed by atoms with E-state index in [0.717, 1.165) is 25.1 Å². The van der Waals surface area contributed by atoms with Crippen LogP contribution in [0, 0.1) is 0 Å². The zero-order chi connectivity index (χ0) is 23.1. The van der Waals surface area contributed by atoms with Crippen molar-refractivity contribution in [3.05, 3.63) is 51.3 Å². The first-order valence-corrected chi connectivity index (χ1v) is 11.6. The molecule has 0 amide bonds. The van der Waals surface area contributed by atoms with Crippen molar-refractivity contribution in [1.82, 2.24) is 19.5 Å².